The van der Waals surface area contributed by atoms with Crippen molar-refractivity contribution in [2.24, 2.45) is 0 Å². The van der Waals surface area contributed by atoms with E-state index < -0.39 is 17.8 Å². The molecule has 0 bridgehead atoms. The number of fused-ring (bicyclic) bond motifs is 2. The number of hydrogen-bond donors (Lipinski definition) is 2. The molecular weight excluding hydrogens is 332 g/mol. The average molecular weight is 346 g/mol. The smallest absolute Gasteiger partial charge is 0.265 e. The molecular formula is C19H14N4O3. The van der Waals surface area contributed by atoms with Crippen LogP contribution in [0.15, 0.2) is 42.5 Å². The van der Waals surface area contributed by atoms with E-state index in [0.29, 0.717) is 11.2 Å². The van der Waals surface area contributed by atoms with Crippen LogP contribution in [0.4, 0.5) is 5.69 Å². The third-order valence-electron chi connectivity index (χ3n) is 4.27. The van der Waals surface area contributed by atoms with E-state index >= 15 is 0 Å². The van der Waals surface area contributed by atoms with Gasteiger partial charge < -0.3 is 15.0 Å². The van der Waals surface area contributed by atoms with Gasteiger partial charge in [0.25, 0.3) is 5.91 Å². The lowest BCUT2D eigenvalue weighted by molar-refractivity contribution is -0.122. The number of carbonyl (C=O) groups is 2. The number of Topliss-reactive ketones (excluding diaryl/α,β-unsaturated/α-hetero) is 1. The Hall–Kier alpha value is -3.66. The van der Waals surface area contributed by atoms with Crippen LogP contribution >= 0.6 is 0 Å². The van der Waals surface area contributed by atoms with Gasteiger partial charge in [-0.05, 0) is 31.2 Å². The minimum absolute atomic E-state index is 0.237. The lowest BCUT2D eigenvalue weighted by Gasteiger charge is -2.25. The molecule has 1 aliphatic rings. The van der Waals surface area contributed by atoms with E-state index in [1.54, 1.807) is 31.2 Å². The Labute approximate surface area is 148 Å². The van der Waals surface area contributed by atoms with Crippen molar-refractivity contribution in [1.82, 2.24) is 9.97 Å². The molecule has 26 heavy (non-hydrogen) atoms. The highest BCUT2D eigenvalue weighted by molar-refractivity contribution is 6.08. The van der Waals surface area contributed by atoms with E-state index in [-0.39, 0.29) is 23.0 Å². The Morgan fingerprint density at radius 1 is 1.27 bits per heavy atom. The van der Waals surface area contributed by atoms with Gasteiger partial charge in [-0.3, -0.25) is 9.59 Å². The van der Waals surface area contributed by atoms with Gasteiger partial charge in [0.2, 0.25) is 0 Å². The van der Waals surface area contributed by atoms with Crippen molar-refractivity contribution in [2.75, 3.05) is 5.32 Å². The van der Waals surface area contributed by atoms with Crippen molar-refractivity contribution >= 4 is 28.4 Å². The summed E-state index contributed by atoms with van der Waals surface area (Å²) in [7, 11) is 0. The molecule has 1 aromatic heterocycles. The molecule has 0 spiro atoms. The van der Waals surface area contributed by atoms with Gasteiger partial charge in [0.1, 0.15) is 5.82 Å². The summed E-state index contributed by atoms with van der Waals surface area (Å²) in [5, 5.41) is 12.3. The number of H-pyrrole nitrogens is 1. The van der Waals surface area contributed by atoms with E-state index in [1.165, 1.54) is 0 Å². The van der Waals surface area contributed by atoms with Crippen LogP contribution in [0, 0.1) is 11.3 Å². The molecule has 0 saturated heterocycles. The monoisotopic (exact) mass is 346 g/mol. The van der Waals surface area contributed by atoms with Crippen molar-refractivity contribution in [3.63, 3.8) is 0 Å². The number of anilines is 1. The number of amides is 1. The Kier molecular flexibility index (Phi) is 3.66. The maximum Gasteiger partial charge on any atom is 0.265 e. The van der Waals surface area contributed by atoms with Crippen molar-refractivity contribution in [2.45, 2.75) is 18.9 Å². The van der Waals surface area contributed by atoms with Crippen molar-refractivity contribution in [3.05, 3.63) is 53.9 Å². The molecule has 2 atom stereocenters. The number of aromatic amines is 1. The Balaban J connectivity index is 1.76. The highest BCUT2D eigenvalue weighted by Crippen LogP contribution is 2.35. The number of ketones is 1. The number of benzene rings is 2. The van der Waals surface area contributed by atoms with Crippen LogP contribution in [-0.4, -0.2) is 27.8 Å². The second kappa shape index (κ2) is 6.01. The average Bonchev–Trinajstić information content (AvgIpc) is 3.06. The molecule has 2 N–H and O–H groups in total. The minimum Gasteiger partial charge on any atom is -0.478 e. The van der Waals surface area contributed by atoms with Gasteiger partial charge in [-0.25, -0.2) is 4.98 Å². The summed E-state index contributed by atoms with van der Waals surface area (Å²) in [5.74, 6) is -1.27. The summed E-state index contributed by atoms with van der Waals surface area (Å²) in [4.78, 5) is 32.2. The summed E-state index contributed by atoms with van der Waals surface area (Å²) in [6.07, 6.45) is -0.719. The van der Waals surface area contributed by atoms with Gasteiger partial charge in [0.15, 0.2) is 23.6 Å². The SMILES string of the molecule is C[C@H]1Oc2c(cccc2C(=O)[C@@H](C#N)c2nc3ccccc3[nH]2)NC1=O. The Morgan fingerprint density at radius 2 is 2.08 bits per heavy atom. The molecule has 7 heteroatoms. The number of aromatic nitrogens is 2. The molecule has 0 radical (unpaired) electrons. The normalized spacial score (nSPS) is 16.9. The molecule has 3 aromatic rings. The number of nitrogens with one attached hydrogen (secondary N) is 2. The fourth-order valence-electron chi connectivity index (χ4n) is 2.93. The first-order valence-corrected chi connectivity index (χ1v) is 8.07. The first kappa shape index (κ1) is 15.8. The van der Waals surface area contributed by atoms with E-state index in [9.17, 15) is 14.9 Å². The largest absolute Gasteiger partial charge is 0.478 e. The standard InChI is InChI=1S/C19H14N4O3/c1-10-19(25)23-15-8-4-5-11(17(15)26-10)16(24)12(9-20)18-21-13-6-2-3-7-14(13)22-18/h2-8,10,12H,1H3,(H,21,22)(H,23,25)/t10-,12-/m1/s1. The Morgan fingerprint density at radius 3 is 2.85 bits per heavy atom. The van der Waals surface area contributed by atoms with E-state index in [2.05, 4.69) is 15.3 Å². The number of imidazole rings is 1. The van der Waals surface area contributed by atoms with Gasteiger partial charge >= 0.3 is 0 Å². The number of ether oxygens (including phenoxy) is 1. The van der Waals surface area contributed by atoms with Crippen LogP contribution in [0.1, 0.15) is 29.0 Å². The van der Waals surface area contributed by atoms with Crippen LogP contribution in [-0.2, 0) is 4.79 Å². The maximum absolute atomic E-state index is 13.0. The summed E-state index contributed by atoms with van der Waals surface area (Å²) in [5.41, 5.74) is 2.09. The van der Waals surface area contributed by atoms with Crippen LogP contribution in [0.25, 0.3) is 11.0 Å². The predicted octanol–water partition coefficient (Wildman–Crippen LogP) is 2.77. The number of rotatable bonds is 3. The quantitative estimate of drug-likeness (QED) is 0.709. The fraction of sp³-hybridized carbons (Fsp3) is 0.158. The molecule has 2 aromatic carbocycles. The van der Waals surface area contributed by atoms with E-state index in [1.807, 2.05) is 24.3 Å². The lowest BCUT2D eigenvalue weighted by Crippen LogP contribution is -2.35. The molecule has 4 rings (SSSR count). The number of hydrogen-bond acceptors (Lipinski definition) is 5. The molecule has 0 fully saturated rings. The highest BCUT2D eigenvalue weighted by Gasteiger charge is 2.32. The summed E-state index contributed by atoms with van der Waals surface area (Å²) >= 11 is 0. The zero-order valence-electron chi connectivity index (χ0n) is 13.8. The first-order chi connectivity index (χ1) is 12.6. The summed E-state index contributed by atoms with van der Waals surface area (Å²) in [6, 6.07) is 14.2. The number of nitrogens with zero attached hydrogens (tertiary/aromatic N) is 2. The van der Waals surface area contributed by atoms with Gasteiger partial charge in [-0.1, -0.05) is 18.2 Å². The summed E-state index contributed by atoms with van der Waals surface area (Å²) in [6.45, 7) is 1.60. The minimum atomic E-state index is -1.11. The van der Waals surface area contributed by atoms with Crippen LogP contribution in [0.2, 0.25) is 0 Å². The fourth-order valence-corrected chi connectivity index (χ4v) is 2.93. The van der Waals surface area contributed by atoms with Gasteiger partial charge in [0, 0.05) is 0 Å². The topological polar surface area (TPSA) is 108 Å². The molecule has 0 saturated carbocycles. The second-order valence-corrected chi connectivity index (χ2v) is 6.00. The predicted molar refractivity (Wildman–Crippen MR) is 93.9 cm³/mol. The van der Waals surface area contributed by atoms with Gasteiger partial charge in [-0.15, -0.1) is 0 Å². The van der Waals surface area contributed by atoms with Crippen LogP contribution in [0.5, 0.6) is 5.75 Å². The maximum atomic E-state index is 13.0. The molecule has 7 nitrogen and oxygen atoms in total. The van der Waals surface area contributed by atoms with Crippen molar-refractivity contribution in [3.8, 4) is 11.8 Å². The second-order valence-electron chi connectivity index (χ2n) is 6.00. The zero-order valence-corrected chi connectivity index (χ0v) is 13.8. The molecule has 1 amide bonds. The highest BCUT2D eigenvalue weighted by atomic mass is 16.5. The molecule has 0 unspecified atom stereocenters. The van der Waals surface area contributed by atoms with Crippen LogP contribution < -0.4 is 10.1 Å². The number of nitriles is 1. The van der Waals surface area contributed by atoms with Crippen molar-refractivity contribution < 1.29 is 14.3 Å². The Bertz CT molecular complexity index is 1050. The molecule has 1 aliphatic heterocycles. The lowest BCUT2D eigenvalue weighted by atomic mass is 9.96. The molecule has 2 heterocycles. The third kappa shape index (κ3) is 2.48. The molecule has 0 aliphatic carbocycles. The van der Waals surface area contributed by atoms with Gasteiger partial charge in [0.05, 0.1) is 28.4 Å². The van der Waals surface area contributed by atoms with E-state index in [4.69, 9.17) is 4.74 Å². The number of carbonyl (C=O) groups excluding carboxylic acids is 2. The van der Waals surface area contributed by atoms with Gasteiger partial charge in [-0.2, -0.15) is 5.26 Å². The van der Waals surface area contributed by atoms with E-state index in [0.717, 1.165) is 5.52 Å². The van der Waals surface area contributed by atoms with Crippen LogP contribution in [0.3, 0.4) is 0 Å². The zero-order chi connectivity index (χ0) is 18.3. The first-order valence-electron chi connectivity index (χ1n) is 8.07. The molecule has 128 valence electrons. The summed E-state index contributed by atoms with van der Waals surface area (Å²) < 4.78 is 5.61. The van der Waals surface area contributed by atoms with Crippen molar-refractivity contribution in [1.29, 1.82) is 5.26 Å². The number of para-hydroxylation sites is 3. The third-order valence-corrected chi connectivity index (χ3v) is 4.27.